The minimum absolute atomic E-state index is 0.0832. The molecule has 3 rings (SSSR count). The number of hydrogen-bond acceptors (Lipinski definition) is 3. The molecular weight excluding hydrogens is 254 g/mol. The van der Waals surface area contributed by atoms with E-state index in [4.69, 9.17) is 5.73 Å². The van der Waals surface area contributed by atoms with E-state index in [0.29, 0.717) is 13.0 Å². The van der Waals surface area contributed by atoms with Gasteiger partial charge < -0.3 is 16.0 Å². The Bertz CT molecular complexity index is 552. The van der Waals surface area contributed by atoms with Crippen molar-refractivity contribution >= 4 is 17.5 Å². The highest BCUT2D eigenvalue weighted by Crippen LogP contribution is 2.32. The first-order valence-electron chi connectivity index (χ1n) is 7.05. The number of carbonyl (C=O) groups excluding carboxylic acids is 2. The summed E-state index contributed by atoms with van der Waals surface area (Å²) in [6, 6.07) is 7.75. The molecule has 2 aliphatic rings. The third-order valence-electron chi connectivity index (χ3n) is 3.99. The Balaban J connectivity index is 1.65. The van der Waals surface area contributed by atoms with Gasteiger partial charge in [0.05, 0.1) is 5.54 Å². The van der Waals surface area contributed by atoms with Gasteiger partial charge in [0.2, 0.25) is 11.8 Å². The molecule has 0 bridgehead atoms. The second-order valence-electron chi connectivity index (χ2n) is 5.66. The Kier molecular flexibility index (Phi) is 3.22. The van der Waals surface area contributed by atoms with E-state index in [1.54, 1.807) is 4.90 Å². The van der Waals surface area contributed by atoms with Gasteiger partial charge in [0.15, 0.2) is 0 Å². The van der Waals surface area contributed by atoms with E-state index < -0.39 is 5.54 Å². The number of amides is 2. The van der Waals surface area contributed by atoms with Gasteiger partial charge in [0.25, 0.3) is 0 Å². The van der Waals surface area contributed by atoms with Gasteiger partial charge >= 0.3 is 0 Å². The fourth-order valence-electron chi connectivity index (χ4n) is 2.48. The first-order valence-corrected chi connectivity index (χ1v) is 7.05. The average molecular weight is 273 g/mol. The Hall–Kier alpha value is -1.88. The van der Waals surface area contributed by atoms with Crippen LogP contribution in [0.15, 0.2) is 24.3 Å². The van der Waals surface area contributed by atoms with Crippen LogP contribution in [0.5, 0.6) is 0 Å². The van der Waals surface area contributed by atoms with Crippen molar-refractivity contribution in [2.75, 3.05) is 11.4 Å². The first kappa shape index (κ1) is 13.1. The van der Waals surface area contributed by atoms with Crippen molar-refractivity contribution in [2.45, 2.75) is 37.8 Å². The number of nitrogens with zero attached hydrogens (tertiary/aromatic N) is 1. The second kappa shape index (κ2) is 4.90. The van der Waals surface area contributed by atoms with Gasteiger partial charge in [0.1, 0.15) is 0 Å². The number of anilines is 1. The maximum atomic E-state index is 11.8. The minimum atomic E-state index is -0.636. The largest absolute Gasteiger partial charge is 0.350 e. The van der Waals surface area contributed by atoms with E-state index in [0.717, 1.165) is 37.1 Å². The van der Waals surface area contributed by atoms with Gasteiger partial charge in [-0.25, -0.2) is 0 Å². The van der Waals surface area contributed by atoms with Gasteiger partial charge in [-0.3, -0.25) is 9.59 Å². The monoisotopic (exact) mass is 273 g/mol. The highest BCUT2D eigenvalue weighted by atomic mass is 16.2. The maximum Gasteiger partial charge on any atom is 0.240 e. The molecule has 0 unspecified atom stereocenters. The normalized spacial score (nSPS) is 20.1. The molecule has 5 heteroatoms. The molecule has 0 aromatic heterocycles. The molecule has 20 heavy (non-hydrogen) atoms. The molecule has 1 heterocycles. The lowest BCUT2D eigenvalue weighted by atomic mass is 10.1. The summed E-state index contributed by atoms with van der Waals surface area (Å²) in [6.07, 6.45) is 3.06. The lowest BCUT2D eigenvalue weighted by Crippen LogP contribution is -2.42. The molecule has 3 N–H and O–H groups in total. The zero-order valence-corrected chi connectivity index (χ0v) is 11.4. The van der Waals surface area contributed by atoms with Crippen molar-refractivity contribution in [1.29, 1.82) is 0 Å². The van der Waals surface area contributed by atoms with Crippen LogP contribution in [0, 0.1) is 0 Å². The third kappa shape index (κ3) is 2.54. The van der Waals surface area contributed by atoms with E-state index in [1.807, 2.05) is 24.3 Å². The number of benzene rings is 1. The number of carbonyl (C=O) groups is 2. The Labute approximate surface area is 118 Å². The molecule has 0 atom stereocenters. The molecule has 1 aliphatic heterocycles. The predicted octanol–water partition coefficient (Wildman–Crippen LogP) is 0.921. The Morgan fingerprint density at radius 2 is 2.20 bits per heavy atom. The number of rotatable bonds is 4. The summed E-state index contributed by atoms with van der Waals surface area (Å²) in [5.74, 6) is 0.0882. The number of hydrogen-bond donors (Lipinski definition) is 2. The molecule has 1 aromatic carbocycles. The van der Waals surface area contributed by atoms with Crippen LogP contribution in [0.4, 0.5) is 5.69 Å². The summed E-state index contributed by atoms with van der Waals surface area (Å²) in [5.41, 5.74) is 7.10. The summed E-state index contributed by atoms with van der Waals surface area (Å²) >= 11 is 0. The smallest absolute Gasteiger partial charge is 0.240 e. The molecule has 0 spiro atoms. The van der Waals surface area contributed by atoms with E-state index in [2.05, 4.69) is 5.32 Å². The molecular formula is C15H19N3O2. The summed E-state index contributed by atoms with van der Waals surface area (Å²) in [5, 5.41) is 2.86. The minimum Gasteiger partial charge on any atom is -0.350 e. The lowest BCUT2D eigenvalue weighted by Gasteiger charge is -2.17. The SMILES string of the molecule is NC1(C(=O)NCc2cccc(N3CCCC3=O)c2)CC1. The van der Waals surface area contributed by atoms with Gasteiger partial charge in [-0.15, -0.1) is 0 Å². The lowest BCUT2D eigenvalue weighted by molar-refractivity contribution is -0.123. The quantitative estimate of drug-likeness (QED) is 0.856. The molecule has 1 aliphatic carbocycles. The van der Waals surface area contributed by atoms with E-state index in [9.17, 15) is 9.59 Å². The van der Waals surface area contributed by atoms with Crippen LogP contribution in [-0.4, -0.2) is 23.9 Å². The van der Waals surface area contributed by atoms with Crippen molar-refractivity contribution in [3.05, 3.63) is 29.8 Å². The zero-order valence-electron chi connectivity index (χ0n) is 11.4. The molecule has 2 fully saturated rings. The van der Waals surface area contributed by atoms with Gasteiger partial charge in [-0.05, 0) is 37.0 Å². The molecule has 106 valence electrons. The third-order valence-corrected chi connectivity index (χ3v) is 3.99. The van der Waals surface area contributed by atoms with Crippen LogP contribution < -0.4 is 16.0 Å². The molecule has 5 nitrogen and oxygen atoms in total. The van der Waals surface area contributed by atoms with Crippen LogP contribution >= 0.6 is 0 Å². The standard InChI is InChI=1S/C15H19N3O2/c16-15(6-7-15)14(20)17-10-11-3-1-4-12(9-11)18-8-2-5-13(18)19/h1,3-4,9H,2,5-8,10,16H2,(H,17,20). The van der Waals surface area contributed by atoms with Crippen LogP contribution in [-0.2, 0) is 16.1 Å². The van der Waals surface area contributed by atoms with Crippen LogP contribution in [0.1, 0.15) is 31.2 Å². The van der Waals surface area contributed by atoms with E-state index in [1.165, 1.54) is 0 Å². The van der Waals surface area contributed by atoms with Crippen LogP contribution in [0.25, 0.3) is 0 Å². The van der Waals surface area contributed by atoms with Crippen molar-refractivity contribution < 1.29 is 9.59 Å². The van der Waals surface area contributed by atoms with E-state index >= 15 is 0 Å². The molecule has 0 radical (unpaired) electrons. The molecule has 1 saturated carbocycles. The predicted molar refractivity (Wildman–Crippen MR) is 76.0 cm³/mol. The summed E-state index contributed by atoms with van der Waals surface area (Å²) in [6.45, 7) is 1.23. The Morgan fingerprint density at radius 3 is 2.85 bits per heavy atom. The molecule has 1 saturated heterocycles. The fourth-order valence-corrected chi connectivity index (χ4v) is 2.48. The van der Waals surface area contributed by atoms with Crippen molar-refractivity contribution in [2.24, 2.45) is 5.73 Å². The van der Waals surface area contributed by atoms with Crippen molar-refractivity contribution in [3.63, 3.8) is 0 Å². The zero-order chi connectivity index (χ0) is 14.2. The Morgan fingerprint density at radius 1 is 1.40 bits per heavy atom. The van der Waals surface area contributed by atoms with Crippen molar-refractivity contribution in [1.82, 2.24) is 5.32 Å². The molecule has 1 aromatic rings. The van der Waals surface area contributed by atoms with Gasteiger partial charge in [0, 0.05) is 25.2 Å². The topological polar surface area (TPSA) is 75.4 Å². The summed E-state index contributed by atoms with van der Waals surface area (Å²) in [4.78, 5) is 25.3. The average Bonchev–Trinajstić information content (AvgIpc) is 3.06. The first-order chi connectivity index (χ1) is 9.58. The van der Waals surface area contributed by atoms with Crippen molar-refractivity contribution in [3.8, 4) is 0 Å². The number of nitrogens with one attached hydrogen (secondary N) is 1. The summed E-state index contributed by atoms with van der Waals surface area (Å²) < 4.78 is 0. The fraction of sp³-hybridized carbons (Fsp3) is 0.467. The molecule has 2 amide bonds. The highest BCUT2D eigenvalue weighted by molar-refractivity contribution is 5.95. The maximum absolute atomic E-state index is 11.8. The van der Waals surface area contributed by atoms with E-state index in [-0.39, 0.29) is 11.8 Å². The highest BCUT2D eigenvalue weighted by Gasteiger charge is 2.45. The van der Waals surface area contributed by atoms with Gasteiger partial charge in [-0.2, -0.15) is 0 Å². The van der Waals surface area contributed by atoms with Crippen LogP contribution in [0.2, 0.25) is 0 Å². The second-order valence-corrected chi connectivity index (χ2v) is 5.66. The van der Waals surface area contributed by atoms with Crippen LogP contribution in [0.3, 0.4) is 0 Å². The number of nitrogens with two attached hydrogens (primary N) is 1. The summed E-state index contributed by atoms with van der Waals surface area (Å²) in [7, 11) is 0. The van der Waals surface area contributed by atoms with Gasteiger partial charge in [-0.1, -0.05) is 12.1 Å².